The standard InChI is InChI=1S/C21H23F3N4S/c22-21(23,24)18-12-29-20(27-18)17-11-26-19-16(17)9-14(10-25-19)13-3-5-15(6-4-13)28-7-1-2-8-28/h9-13,15H,1-8H2,(H,25,26)/t13-,15+. The summed E-state index contributed by atoms with van der Waals surface area (Å²) in [4.78, 5) is 14.1. The topological polar surface area (TPSA) is 44.8 Å². The molecule has 0 spiro atoms. The van der Waals surface area contributed by atoms with Gasteiger partial charge in [0.25, 0.3) is 0 Å². The van der Waals surface area contributed by atoms with Gasteiger partial charge in [0.1, 0.15) is 10.7 Å². The lowest BCUT2D eigenvalue weighted by atomic mass is 9.81. The van der Waals surface area contributed by atoms with Crippen molar-refractivity contribution in [3.8, 4) is 10.6 Å². The minimum atomic E-state index is -4.42. The number of halogens is 3. The number of fused-ring (bicyclic) bond motifs is 1. The number of H-pyrrole nitrogens is 1. The van der Waals surface area contributed by atoms with Crippen LogP contribution < -0.4 is 0 Å². The number of rotatable bonds is 3. The number of thiazole rings is 1. The van der Waals surface area contributed by atoms with Crippen LogP contribution in [0, 0.1) is 0 Å². The van der Waals surface area contributed by atoms with Gasteiger partial charge < -0.3 is 9.88 Å². The number of pyridine rings is 1. The van der Waals surface area contributed by atoms with E-state index in [1.54, 1.807) is 6.20 Å². The lowest BCUT2D eigenvalue weighted by Gasteiger charge is -2.34. The smallest absolute Gasteiger partial charge is 0.345 e. The fourth-order valence-corrected chi connectivity index (χ4v) is 5.68. The van der Waals surface area contributed by atoms with Gasteiger partial charge in [-0.05, 0) is 69.2 Å². The Balaban J connectivity index is 1.38. The van der Waals surface area contributed by atoms with E-state index in [2.05, 4.69) is 25.9 Å². The van der Waals surface area contributed by atoms with Gasteiger partial charge in [-0.3, -0.25) is 0 Å². The van der Waals surface area contributed by atoms with Crippen molar-refractivity contribution in [2.24, 2.45) is 0 Å². The van der Waals surface area contributed by atoms with Crippen LogP contribution in [0.3, 0.4) is 0 Å². The van der Waals surface area contributed by atoms with Gasteiger partial charge in [-0.1, -0.05) is 0 Å². The Hall–Kier alpha value is -1.93. The van der Waals surface area contributed by atoms with E-state index in [0.29, 0.717) is 28.2 Å². The van der Waals surface area contributed by atoms with Crippen LogP contribution in [0.4, 0.5) is 13.2 Å². The van der Waals surface area contributed by atoms with Crippen LogP contribution in [-0.2, 0) is 6.18 Å². The molecule has 0 radical (unpaired) electrons. The number of likely N-dealkylation sites (tertiary alicyclic amines) is 1. The molecule has 5 rings (SSSR count). The summed E-state index contributed by atoms with van der Waals surface area (Å²) < 4.78 is 38.8. The fraction of sp³-hybridized carbons (Fsp3) is 0.524. The summed E-state index contributed by atoms with van der Waals surface area (Å²) in [6, 6.07) is 2.81. The van der Waals surface area contributed by atoms with Crippen molar-refractivity contribution in [1.82, 2.24) is 19.9 Å². The van der Waals surface area contributed by atoms with E-state index >= 15 is 0 Å². The quantitative estimate of drug-likeness (QED) is 0.580. The third-order valence-corrected chi connectivity index (χ3v) is 7.28. The molecule has 0 unspecified atom stereocenters. The van der Waals surface area contributed by atoms with Crippen molar-refractivity contribution < 1.29 is 13.2 Å². The van der Waals surface area contributed by atoms with Gasteiger partial charge in [0, 0.05) is 34.8 Å². The van der Waals surface area contributed by atoms with Crippen molar-refractivity contribution in [2.45, 2.75) is 56.7 Å². The summed E-state index contributed by atoms with van der Waals surface area (Å²) in [6.07, 6.45) is 6.57. The molecule has 1 N–H and O–H groups in total. The van der Waals surface area contributed by atoms with Gasteiger partial charge in [-0.2, -0.15) is 13.2 Å². The Morgan fingerprint density at radius 2 is 1.86 bits per heavy atom. The number of hydrogen-bond acceptors (Lipinski definition) is 4. The maximum atomic E-state index is 12.9. The maximum Gasteiger partial charge on any atom is 0.434 e. The summed E-state index contributed by atoms with van der Waals surface area (Å²) in [7, 11) is 0. The molecule has 29 heavy (non-hydrogen) atoms. The molecule has 0 bridgehead atoms. The van der Waals surface area contributed by atoms with Gasteiger partial charge in [0.15, 0.2) is 5.69 Å². The highest BCUT2D eigenvalue weighted by Gasteiger charge is 2.34. The van der Waals surface area contributed by atoms with E-state index in [4.69, 9.17) is 0 Å². The van der Waals surface area contributed by atoms with E-state index in [-0.39, 0.29) is 0 Å². The molecular weight excluding hydrogens is 397 g/mol. The molecule has 3 aromatic heterocycles. The van der Waals surface area contributed by atoms with Crippen LogP contribution in [-0.4, -0.2) is 39.0 Å². The van der Waals surface area contributed by atoms with Crippen LogP contribution in [0.5, 0.6) is 0 Å². The molecule has 2 aliphatic rings. The average Bonchev–Trinajstić information content (AvgIpc) is 3.46. The third kappa shape index (κ3) is 3.68. The third-order valence-electron chi connectivity index (χ3n) is 6.40. The van der Waals surface area contributed by atoms with Gasteiger partial charge in [0.2, 0.25) is 0 Å². The predicted octanol–water partition coefficient (Wildman–Crippen LogP) is 5.83. The Morgan fingerprint density at radius 3 is 2.55 bits per heavy atom. The lowest BCUT2D eigenvalue weighted by Crippen LogP contribution is -2.35. The molecule has 1 aliphatic heterocycles. The fourth-order valence-electron chi connectivity index (χ4n) is 4.83. The van der Waals surface area contributed by atoms with Crippen molar-refractivity contribution in [3.05, 3.63) is 35.1 Å². The van der Waals surface area contributed by atoms with E-state index in [9.17, 15) is 13.2 Å². The average molecular weight is 421 g/mol. The van der Waals surface area contributed by atoms with Crippen LogP contribution >= 0.6 is 11.3 Å². The maximum absolute atomic E-state index is 12.9. The van der Waals surface area contributed by atoms with E-state index < -0.39 is 11.9 Å². The normalized spacial score (nSPS) is 23.8. The van der Waals surface area contributed by atoms with Gasteiger partial charge in [0.05, 0.1) is 0 Å². The number of alkyl halides is 3. The molecule has 8 heteroatoms. The zero-order valence-corrected chi connectivity index (χ0v) is 16.8. The largest absolute Gasteiger partial charge is 0.434 e. The summed E-state index contributed by atoms with van der Waals surface area (Å²) in [5.41, 5.74) is 1.74. The molecule has 1 aliphatic carbocycles. The molecule has 3 aromatic rings. The van der Waals surface area contributed by atoms with Crippen molar-refractivity contribution in [2.75, 3.05) is 13.1 Å². The lowest BCUT2D eigenvalue weighted by molar-refractivity contribution is -0.140. The highest BCUT2D eigenvalue weighted by atomic mass is 32.1. The Morgan fingerprint density at radius 1 is 1.10 bits per heavy atom. The van der Waals surface area contributed by atoms with Gasteiger partial charge in [-0.15, -0.1) is 11.3 Å². The Labute approximate surface area is 171 Å². The molecular formula is C21H23F3N4S. The number of aromatic nitrogens is 3. The zero-order chi connectivity index (χ0) is 20.0. The first-order valence-electron chi connectivity index (χ1n) is 10.2. The summed E-state index contributed by atoms with van der Waals surface area (Å²) in [5, 5.41) is 2.30. The second-order valence-corrected chi connectivity index (χ2v) is 9.01. The predicted molar refractivity (Wildman–Crippen MR) is 108 cm³/mol. The first kappa shape index (κ1) is 19.1. The SMILES string of the molecule is FC(F)(F)c1csc(-c2c[nH]c3ncc([C@H]4CC[C@@H](N5CCCC5)CC4)cc23)n1. The molecule has 0 aromatic carbocycles. The number of nitrogens with zero attached hydrogens (tertiary/aromatic N) is 3. The van der Waals surface area contributed by atoms with Crippen LogP contribution in [0.1, 0.15) is 55.7 Å². The zero-order valence-electron chi connectivity index (χ0n) is 16.0. The molecule has 1 saturated carbocycles. The monoisotopic (exact) mass is 420 g/mol. The molecule has 154 valence electrons. The Kier molecular flexibility index (Phi) is 4.86. The summed E-state index contributed by atoms with van der Waals surface area (Å²) in [5.74, 6) is 0.468. The second kappa shape index (κ2) is 7.40. The van der Waals surface area contributed by atoms with E-state index in [1.165, 1.54) is 44.3 Å². The molecule has 2 fully saturated rings. The van der Waals surface area contributed by atoms with Crippen molar-refractivity contribution in [1.29, 1.82) is 0 Å². The molecule has 4 nitrogen and oxygen atoms in total. The molecule has 4 heterocycles. The number of hydrogen-bond donors (Lipinski definition) is 1. The molecule has 1 saturated heterocycles. The van der Waals surface area contributed by atoms with E-state index in [0.717, 1.165) is 34.9 Å². The van der Waals surface area contributed by atoms with Crippen LogP contribution in [0.2, 0.25) is 0 Å². The Bertz CT molecular complexity index is 995. The second-order valence-electron chi connectivity index (χ2n) is 8.15. The van der Waals surface area contributed by atoms with Crippen LogP contribution in [0.15, 0.2) is 23.8 Å². The first-order valence-corrected chi connectivity index (χ1v) is 11.1. The summed E-state index contributed by atoms with van der Waals surface area (Å²) in [6.45, 7) is 2.48. The highest BCUT2D eigenvalue weighted by Crippen LogP contribution is 2.39. The summed E-state index contributed by atoms with van der Waals surface area (Å²) >= 11 is 1.02. The van der Waals surface area contributed by atoms with Crippen LogP contribution in [0.25, 0.3) is 21.6 Å². The van der Waals surface area contributed by atoms with E-state index in [1.807, 2.05) is 6.20 Å². The van der Waals surface area contributed by atoms with Gasteiger partial charge >= 0.3 is 6.18 Å². The van der Waals surface area contributed by atoms with Gasteiger partial charge in [-0.25, -0.2) is 9.97 Å². The first-order chi connectivity index (χ1) is 14.0. The molecule has 0 atom stereocenters. The minimum absolute atomic E-state index is 0.375. The van der Waals surface area contributed by atoms with Crippen molar-refractivity contribution in [3.63, 3.8) is 0 Å². The number of nitrogens with one attached hydrogen (secondary N) is 1. The number of aromatic amines is 1. The highest BCUT2D eigenvalue weighted by molar-refractivity contribution is 7.13. The minimum Gasteiger partial charge on any atom is -0.345 e. The molecule has 0 amide bonds. The van der Waals surface area contributed by atoms with Crippen molar-refractivity contribution >= 4 is 22.4 Å².